The van der Waals surface area contributed by atoms with Crippen molar-refractivity contribution in [3.8, 4) is 0 Å². The van der Waals surface area contributed by atoms with Crippen molar-refractivity contribution >= 4 is 33.2 Å². The summed E-state index contributed by atoms with van der Waals surface area (Å²) in [7, 11) is -3.88. The van der Waals surface area contributed by atoms with Crippen LogP contribution >= 0.6 is 11.6 Å². The summed E-state index contributed by atoms with van der Waals surface area (Å²) in [5.41, 5.74) is 0.155. The van der Waals surface area contributed by atoms with E-state index in [1.54, 1.807) is 37.4 Å². The van der Waals surface area contributed by atoms with Crippen molar-refractivity contribution in [2.75, 3.05) is 0 Å². The molecule has 0 aliphatic carbocycles. The maximum absolute atomic E-state index is 12.6. The number of rotatable bonds is 5. The van der Waals surface area contributed by atoms with Gasteiger partial charge in [0.05, 0.1) is 11.6 Å². The lowest BCUT2D eigenvalue weighted by Gasteiger charge is -2.21. The van der Waals surface area contributed by atoms with Crippen LogP contribution in [0.25, 0.3) is 5.65 Å². The smallest absolute Gasteiger partial charge is 0.251 e. The van der Waals surface area contributed by atoms with Gasteiger partial charge in [-0.3, -0.25) is 9.20 Å². The van der Waals surface area contributed by atoms with Crippen LogP contribution in [0.1, 0.15) is 37.0 Å². The highest BCUT2D eigenvalue weighted by atomic mass is 35.5. The Hall–Kier alpha value is -2.49. The number of carbonyl (C=O) groups is 1. The molecular weight excluding hydrogens is 402 g/mol. The van der Waals surface area contributed by atoms with Crippen LogP contribution in [-0.4, -0.2) is 34.5 Å². The Labute approximate surface area is 168 Å². The highest BCUT2D eigenvalue weighted by Gasteiger charge is 2.25. The minimum Gasteiger partial charge on any atom is -0.345 e. The Morgan fingerprint density at radius 1 is 1.18 bits per heavy atom. The monoisotopic (exact) mass is 421 g/mol. The van der Waals surface area contributed by atoms with Gasteiger partial charge in [0.2, 0.25) is 10.0 Å². The topological polar surface area (TPSA) is 105 Å². The number of nitrogens with one attached hydrogen (secondary N) is 2. The van der Waals surface area contributed by atoms with Gasteiger partial charge >= 0.3 is 0 Å². The number of sulfonamides is 1. The third-order valence-electron chi connectivity index (χ3n) is 3.71. The second kappa shape index (κ2) is 7.50. The third-order valence-corrected chi connectivity index (χ3v) is 5.95. The molecule has 0 saturated heterocycles. The van der Waals surface area contributed by atoms with Crippen LogP contribution in [0.15, 0.2) is 47.5 Å². The molecule has 0 aliphatic heterocycles. The van der Waals surface area contributed by atoms with E-state index < -0.39 is 21.5 Å². The van der Waals surface area contributed by atoms with Gasteiger partial charge in [0.1, 0.15) is 4.90 Å². The zero-order valence-electron chi connectivity index (χ0n) is 15.6. The predicted molar refractivity (Wildman–Crippen MR) is 106 cm³/mol. The Kier molecular flexibility index (Phi) is 5.42. The number of aromatic nitrogens is 3. The molecule has 0 aliphatic rings. The molecular formula is C18H20ClN5O3S. The molecule has 0 atom stereocenters. The maximum Gasteiger partial charge on any atom is 0.251 e. The number of pyridine rings is 1. The van der Waals surface area contributed by atoms with Crippen molar-refractivity contribution in [1.82, 2.24) is 24.6 Å². The van der Waals surface area contributed by atoms with E-state index in [2.05, 4.69) is 20.2 Å². The zero-order chi connectivity index (χ0) is 20.5. The summed E-state index contributed by atoms with van der Waals surface area (Å²) in [5, 5.41) is 10.8. The summed E-state index contributed by atoms with van der Waals surface area (Å²) < 4.78 is 29.5. The van der Waals surface area contributed by atoms with Crippen LogP contribution in [0.4, 0.5) is 0 Å². The molecule has 3 aromatic rings. The molecule has 28 heavy (non-hydrogen) atoms. The van der Waals surface area contributed by atoms with E-state index in [-0.39, 0.29) is 22.0 Å². The standard InChI is InChI=1S/C18H20ClN5O3S/c1-18(2,3)23-28(26,27)14-10-12(7-8-13(14)19)17(25)20-11-16-22-21-15-6-4-5-9-24(15)16/h4-10,23H,11H2,1-3H3,(H,20,25). The molecule has 0 unspecified atom stereocenters. The first kappa shape index (κ1) is 20.2. The Balaban J connectivity index is 1.81. The van der Waals surface area contributed by atoms with Crippen LogP contribution in [0, 0.1) is 0 Å². The van der Waals surface area contributed by atoms with Crippen molar-refractivity contribution in [3.63, 3.8) is 0 Å². The number of hydrogen-bond donors (Lipinski definition) is 2. The molecule has 148 valence electrons. The summed E-state index contributed by atoms with van der Waals surface area (Å²) in [6.07, 6.45) is 1.79. The van der Waals surface area contributed by atoms with E-state index in [4.69, 9.17) is 11.6 Å². The third kappa shape index (κ3) is 4.49. The summed E-state index contributed by atoms with van der Waals surface area (Å²) in [4.78, 5) is 12.4. The van der Waals surface area contributed by atoms with Gasteiger partial charge in [-0.25, -0.2) is 13.1 Å². The van der Waals surface area contributed by atoms with Gasteiger partial charge in [0.15, 0.2) is 11.5 Å². The van der Waals surface area contributed by atoms with Gasteiger partial charge in [-0.1, -0.05) is 17.7 Å². The fourth-order valence-electron chi connectivity index (χ4n) is 2.58. The quantitative estimate of drug-likeness (QED) is 0.658. The highest BCUT2D eigenvalue weighted by Crippen LogP contribution is 2.24. The molecule has 10 heteroatoms. The van der Waals surface area contributed by atoms with E-state index in [0.29, 0.717) is 11.5 Å². The lowest BCUT2D eigenvalue weighted by Crippen LogP contribution is -2.40. The average Bonchev–Trinajstić information content (AvgIpc) is 3.01. The lowest BCUT2D eigenvalue weighted by atomic mass is 10.1. The molecule has 0 radical (unpaired) electrons. The van der Waals surface area contributed by atoms with Gasteiger partial charge < -0.3 is 5.32 Å². The fourth-order valence-corrected chi connectivity index (χ4v) is 4.53. The minimum atomic E-state index is -3.88. The average molecular weight is 422 g/mol. The molecule has 8 nitrogen and oxygen atoms in total. The second-order valence-corrected chi connectivity index (χ2v) is 9.29. The SMILES string of the molecule is CC(C)(C)NS(=O)(=O)c1cc(C(=O)NCc2nnc3ccccn23)ccc1Cl. The Morgan fingerprint density at radius 3 is 2.64 bits per heavy atom. The number of amides is 1. The summed E-state index contributed by atoms with van der Waals surface area (Å²) in [5.74, 6) is 0.108. The van der Waals surface area contributed by atoms with Gasteiger partial charge in [-0.15, -0.1) is 10.2 Å². The molecule has 2 aromatic heterocycles. The van der Waals surface area contributed by atoms with E-state index >= 15 is 0 Å². The molecule has 0 bridgehead atoms. The van der Waals surface area contributed by atoms with Crippen molar-refractivity contribution in [1.29, 1.82) is 0 Å². The second-order valence-electron chi connectivity index (χ2n) is 7.23. The minimum absolute atomic E-state index is 0.0387. The molecule has 0 fully saturated rings. The number of halogens is 1. The van der Waals surface area contributed by atoms with E-state index in [1.807, 2.05) is 12.1 Å². The van der Waals surface area contributed by atoms with E-state index in [1.165, 1.54) is 18.2 Å². The van der Waals surface area contributed by atoms with E-state index in [9.17, 15) is 13.2 Å². The number of benzene rings is 1. The van der Waals surface area contributed by atoms with Crippen LogP contribution in [-0.2, 0) is 16.6 Å². The van der Waals surface area contributed by atoms with E-state index in [0.717, 1.165) is 0 Å². The van der Waals surface area contributed by atoms with Crippen LogP contribution in [0.5, 0.6) is 0 Å². The zero-order valence-corrected chi connectivity index (χ0v) is 17.2. The Morgan fingerprint density at radius 2 is 1.93 bits per heavy atom. The van der Waals surface area contributed by atoms with Crippen LogP contribution in [0.3, 0.4) is 0 Å². The summed E-state index contributed by atoms with van der Waals surface area (Å²) in [6.45, 7) is 5.29. The van der Waals surface area contributed by atoms with Crippen molar-refractivity contribution in [3.05, 3.63) is 59.0 Å². The van der Waals surface area contributed by atoms with Gasteiger partial charge in [-0.2, -0.15) is 0 Å². The largest absolute Gasteiger partial charge is 0.345 e. The molecule has 1 amide bonds. The highest BCUT2D eigenvalue weighted by molar-refractivity contribution is 7.89. The van der Waals surface area contributed by atoms with Gasteiger partial charge in [0, 0.05) is 17.3 Å². The van der Waals surface area contributed by atoms with Crippen molar-refractivity contribution in [2.24, 2.45) is 0 Å². The molecule has 1 aromatic carbocycles. The predicted octanol–water partition coefficient (Wildman–Crippen LogP) is 2.39. The molecule has 0 spiro atoms. The van der Waals surface area contributed by atoms with Crippen molar-refractivity contribution < 1.29 is 13.2 Å². The van der Waals surface area contributed by atoms with Gasteiger partial charge in [0.25, 0.3) is 5.91 Å². The number of fused-ring (bicyclic) bond motifs is 1. The lowest BCUT2D eigenvalue weighted by molar-refractivity contribution is 0.0949. The number of nitrogens with zero attached hydrogens (tertiary/aromatic N) is 3. The first-order valence-corrected chi connectivity index (χ1v) is 10.3. The fraction of sp³-hybridized carbons (Fsp3) is 0.278. The van der Waals surface area contributed by atoms with Gasteiger partial charge in [-0.05, 0) is 51.1 Å². The number of carbonyl (C=O) groups excluding carboxylic acids is 1. The Bertz CT molecular complexity index is 1140. The molecule has 3 rings (SSSR count). The number of hydrogen-bond acceptors (Lipinski definition) is 5. The molecule has 2 heterocycles. The molecule has 0 saturated carbocycles. The van der Waals surface area contributed by atoms with Crippen LogP contribution < -0.4 is 10.0 Å². The summed E-state index contributed by atoms with van der Waals surface area (Å²) >= 11 is 6.07. The van der Waals surface area contributed by atoms with Crippen molar-refractivity contribution in [2.45, 2.75) is 37.8 Å². The first-order valence-electron chi connectivity index (χ1n) is 8.47. The maximum atomic E-state index is 12.6. The summed E-state index contributed by atoms with van der Waals surface area (Å²) in [6, 6.07) is 9.59. The molecule has 2 N–H and O–H groups in total. The first-order chi connectivity index (χ1) is 13.1. The normalized spacial score (nSPS) is 12.3. The van der Waals surface area contributed by atoms with Crippen LogP contribution in [0.2, 0.25) is 5.02 Å².